The fraction of sp³-hybridized carbons (Fsp3) is 0.462. The zero-order valence-electron chi connectivity index (χ0n) is 10.3. The van der Waals surface area contributed by atoms with Crippen LogP contribution in [-0.4, -0.2) is 9.55 Å². The molecule has 1 fully saturated rings. The maximum atomic E-state index is 13.6. The van der Waals surface area contributed by atoms with Gasteiger partial charge in [0.15, 0.2) is 10.6 Å². The van der Waals surface area contributed by atoms with Crippen LogP contribution in [0.4, 0.5) is 8.78 Å². The number of benzene rings is 1. The minimum Gasteiger partial charge on any atom is -0.328 e. The molecule has 0 bridgehead atoms. The van der Waals surface area contributed by atoms with E-state index in [1.807, 2.05) is 0 Å². The molecule has 0 saturated heterocycles. The fourth-order valence-corrected chi connectivity index (χ4v) is 2.74. The van der Waals surface area contributed by atoms with E-state index in [1.54, 1.807) is 4.57 Å². The molecule has 1 aliphatic rings. The van der Waals surface area contributed by atoms with E-state index in [0.717, 1.165) is 12.5 Å². The van der Waals surface area contributed by atoms with E-state index < -0.39 is 11.6 Å². The molecule has 0 radical (unpaired) electrons. The Bertz CT molecular complexity index is 684. The average Bonchev–Trinajstić information content (AvgIpc) is 2.73. The molecule has 1 unspecified atom stereocenters. The molecule has 1 heterocycles. The number of nitrogens with zero attached hydrogens (tertiary/aromatic N) is 1. The summed E-state index contributed by atoms with van der Waals surface area (Å²) < 4.78 is 29.2. The molecular formula is C13H14F2N2S. The Morgan fingerprint density at radius 3 is 2.72 bits per heavy atom. The fourth-order valence-electron chi connectivity index (χ4n) is 2.47. The van der Waals surface area contributed by atoms with E-state index in [0.29, 0.717) is 33.7 Å². The lowest BCUT2D eigenvalue weighted by atomic mass is 10.1. The van der Waals surface area contributed by atoms with Gasteiger partial charge in [-0.2, -0.15) is 0 Å². The normalized spacial score (nSPS) is 21.4. The van der Waals surface area contributed by atoms with Crippen molar-refractivity contribution in [3.8, 4) is 0 Å². The van der Waals surface area contributed by atoms with Gasteiger partial charge in [0.25, 0.3) is 0 Å². The van der Waals surface area contributed by atoms with E-state index in [9.17, 15) is 8.78 Å². The lowest BCUT2D eigenvalue weighted by Gasteiger charge is -2.06. The Hall–Kier alpha value is -1.23. The SMILES string of the molecule is CC1(C)CC1Cn1c(=S)[nH]c2c(F)cc(F)cc21. The van der Waals surface area contributed by atoms with Crippen LogP contribution in [0.5, 0.6) is 0 Å². The second kappa shape index (κ2) is 3.63. The van der Waals surface area contributed by atoms with Gasteiger partial charge in [0.05, 0.1) is 5.52 Å². The number of rotatable bonds is 2. The number of fused-ring (bicyclic) bond motifs is 1. The van der Waals surface area contributed by atoms with Gasteiger partial charge in [-0.3, -0.25) is 0 Å². The summed E-state index contributed by atoms with van der Waals surface area (Å²) in [6.45, 7) is 5.10. The number of aromatic nitrogens is 2. The molecule has 1 atom stereocenters. The van der Waals surface area contributed by atoms with Crippen LogP contribution in [0.25, 0.3) is 11.0 Å². The Morgan fingerprint density at radius 1 is 1.44 bits per heavy atom. The van der Waals surface area contributed by atoms with Gasteiger partial charge in [-0.25, -0.2) is 8.78 Å². The molecule has 2 aromatic rings. The van der Waals surface area contributed by atoms with Crippen molar-refractivity contribution < 1.29 is 8.78 Å². The summed E-state index contributed by atoms with van der Waals surface area (Å²) >= 11 is 5.20. The topological polar surface area (TPSA) is 20.7 Å². The van der Waals surface area contributed by atoms with Crippen LogP contribution in [-0.2, 0) is 6.54 Å². The minimum absolute atomic E-state index is 0.292. The molecule has 1 aliphatic carbocycles. The number of aromatic amines is 1. The molecule has 5 heteroatoms. The maximum Gasteiger partial charge on any atom is 0.178 e. The molecule has 3 rings (SSSR count). The lowest BCUT2D eigenvalue weighted by molar-refractivity contribution is 0.501. The third kappa shape index (κ3) is 1.77. The van der Waals surface area contributed by atoms with Crippen molar-refractivity contribution in [1.82, 2.24) is 9.55 Å². The van der Waals surface area contributed by atoms with E-state index in [4.69, 9.17) is 12.2 Å². The quantitative estimate of drug-likeness (QED) is 0.816. The average molecular weight is 268 g/mol. The number of halogens is 2. The summed E-state index contributed by atoms with van der Waals surface area (Å²) in [7, 11) is 0. The Kier molecular flexibility index (Phi) is 2.39. The van der Waals surface area contributed by atoms with Gasteiger partial charge < -0.3 is 9.55 Å². The highest BCUT2D eigenvalue weighted by Gasteiger charge is 2.45. The monoisotopic (exact) mass is 268 g/mol. The zero-order valence-corrected chi connectivity index (χ0v) is 11.1. The molecule has 1 N–H and O–H groups in total. The highest BCUT2D eigenvalue weighted by molar-refractivity contribution is 7.71. The van der Waals surface area contributed by atoms with Gasteiger partial charge >= 0.3 is 0 Å². The number of imidazole rings is 1. The van der Waals surface area contributed by atoms with Crippen molar-refractivity contribution in [2.45, 2.75) is 26.8 Å². The van der Waals surface area contributed by atoms with E-state index in [-0.39, 0.29) is 0 Å². The number of hydrogen-bond acceptors (Lipinski definition) is 1. The van der Waals surface area contributed by atoms with E-state index in [2.05, 4.69) is 18.8 Å². The smallest absolute Gasteiger partial charge is 0.178 e. The summed E-state index contributed by atoms with van der Waals surface area (Å²) in [5, 5.41) is 0. The summed E-state index contributed by atoms with van der Waals surface area (Å²) in [6, 6.07) is 2.21. The van der Waals surface area contributed by atoms with Crippen LogP contribution in [0, 0.1) is 27.7 Å². The molecule has 18 heavy (non-hydrogen) atoms. The molecule has 0 amide bonds. The second-order valence-electron chi connectivity index (χ2n) is 5.71. The molecule has 96 valence electrons. The van der Waals surface area contributed by atoms with Crippen molar-refractivity contribution >= 4 is 23.3 Å². The lowest BCUT2D eigenvalue weighted by Crippen LogP contribution is -2.04. The molecule has 1 aromatic carbocycles. The van der Waals surface area contributed by atoms with Crippen molar-refractivity contribution in [2.75, 3.05) is 0 Å². The first kappa shape index (κ1) is 11.8. The largest absolute Gasteiger partial charge is 0.328 e. The minimum atomic E-state index is -0.593. The second-order valence-corrected chi connectivity index (χ2v) is 6.10. The van der Waals surface area contributed by atoms with Crippen LogP contribution in [0.15, 0.2) is 12.1 Å². The number of H-pyrrole nitrogens is 1. The van der Waals surface area contributed by atoms with Crippen LogP contribution in [0.3, 0.4) is 0 Å². The third-order valence-electron chi connectivity index (χ3n) is 3.92. The van der Waals surface area contributed by atoms with Crippen LogP contribution >= 0.6 is 12.2 Å². The van der Waals surface area contributed by atoms with Crippen molar-refractivity contribution in [3.63, 3.8) is 0 Å². The molecule has 2 nitrogen and oxygen atoms in total. The Balaban J connectivity index is 2.11. The van der Waals surface area contributed by atoms with E-state index >= 15 is 0 Å². The number of hydrogen-bond donors (Lipinski definition) is 1. The molecule has 0 spiro atoms. The first-order valence-electron chi connectivity index (χ1n) is 5.96. The molecule has 1 aromatic heterocycles. The van der Waals surface area contributed by atoms with Crippen molar-refractivity contribution in [2.24, 2.45) is 11.3 Å². The van der Waals surface area contributed by atoms with Crippen LogP contribution in [0.1, 0.15) is 20.3 Å². The van der Waals surface area contributed by atoms with Crippen LogP contribution in [0.2, 0.25) is 0 Å². The molecule has 1 saturated carbocycles. The summed E-state index contributed by atoms with van der Waals surface area (Å²) in [6.07, 6.45) is 1.12. The highest BCUT2D eigenvalue weighted by atomic mass is 32.1. The van der Waals surface area contributed by atoms with Gasteiger partial charge in [-0.15, -0.1) is 0 Å². The van der Waals surface area contributed by atoms with Crippen LogP contribution < -0.4 is 0 Å². The zero-order chi connectivity index (χ0) is 13.1. The predicted molar refractivity (Wildman–Crippen MR) is 68.9 cm³/mol. The first-order chi connectivity index (χ1) is 8.38. The summed E-state index contributed by atoms with van der Waals surface area (Å²) in [5.41, 5.74) is 1.12. The Morgan fingerprint density at radius 2 is 2.11 bits per heavy atom. The van der Waals surface area contributed by atoms with Gasteiger partial charge in [0.2, 0.25) is 0 Å². The Labute approximate surface area is 109 Å². The van der Waals surface area contributed by atoms with Gasteiger partial charge in [-0.05, 0) is 36.0 Å². The molecule has 0 aliphatic heterocycles. The maximum absolute atomic E-state index is 13.6. The predicted octanol–water partition coefficient (Wildman–Crippen LogP) is 4.02. The summed E-state index contributed by atoms with van der Waals surface area (Å²) in [5.74, 6) is -0.641. The van der Waals surface area contributed by atoms with Crippen molar-refractivity contribution in [3.05, 3.63) is 28.5 Å². The van der Waals surface area contributed by atoms with Gasteiger partial charge in [-0.1, -0.05) is 13.8 Å². The standard InChI is InChI=1S/C13H14F2N2S/c1-13(2)5-7(13)6-17-10-4-8(14)3-9(15)11(10)16-12(17)18/h3-4,7H,5-6H2,1-2H3,(H,16,18). The summed E-state index contributed by atoms with van der Waals surface area (Å²) in [4.78, 5) is 2.82. The third-order valence-corrected chi connectivity index (χ3v) is 4.25. The first-order valence-corrected chi connectivity index (χ1v) is 6.37. The van der Waals surface area contributed by atoms with Gasteiger partial charge in [0.1, 0.15) is 11.3 Å². The van der Waals surface area contributed by atoms with Crippen molar-refractivity contribution in [1.29, 1.82) is 0 Å². The highest BCUT2D eigenvalue weighted by Crippen LogP contribution is 2.52. The van der Waals surface area contributed by atoms with E-state index in [1.165, 1.54) is 6.07 Å². The number of nitrogens with one attached hydrogen (secondary N) is 1. The van der Waals surface area contributed by atoms with Gasteiger partial charge in [0, 0.05) is 12.6 Å². The molecular weight excluding hydrogens is 254 g/mol.